The van der Waals surface area contributed by atoms with Crippen LogP contribution in [-0.4, -0.2) is 54.1 Å². The van der Waals surface area contributed by atoms with E-state index in [2.05, 4.69) is 9.97 Å². The molecule has 1 N–H and O–H groups in total. The van der Waals surface area contributed by atoms with Gasteiger partial charge in [0.2, 0.25) is 0 Å². The van der Waals surface area contributed by atoms with Crippen molar-refractivity contribution >= 4 is 11.9 Å². The zero-order valence-electron chi connectivity index (χ0n) is 15.9. The van der Waals surface area contributed by atoms with Crippen LogP contribution in [0.3, 0.4) is 0 Å². The van der Waals surface area contributed by atoms with Crippen LogP contribution in [0, 0.1) is 5.92 Å². The molecule has 0 saturated carbocycles. The van der Waals surface area contributed by atoms with E-state index < -0.39 is 0 Å². The summed E-state index contributed by atoms with van der Waals surface area (Å²) in [6, 6.07) is 8.63. The number of hydrogen-bond acceptors (Lipinski definition) is 6. The molecule has 1 fully saturated rings. The summed E-state index contributed by atoms with van der Waals surface area (Å²) in [5.41, 5.74) is 0.683. The first-order valence-electron chi connectivity index (χ1n) is 9.10. The normalized spacial score (nSPS) is 14.6. The van der Waals surface area contributed by atoms with E-state index in [4.69, 9.17) is 9.47 Å². The molecule has 1 aromatic heterocycles. The van der Waals surface area contributed by atoms with Gasteiger partial charge in [0.05, 0.1) is 20.1 Å². The zero-order chi connectivity index (χ0) is 20.1. The molecular weight excluding hydrogens is 362 g/mol. The van der Waals surface area contributed by atoms with Crippen LogP contribution in [0.25, 0.3) is 0 Å². The van der Waals surface area contributed by atoms with Gasteiger partial charge in [-0.25, -0.2) is 4.98 Å². The van der Waals surface area contributed by atoms with Gasteiger partial charge < -0.3 is 19.4 Å². The molecule has 1 aromatic carbocycles. The van der Waals surface area contributed by atoms with Crippen molar-refractivity contribution < 1.29 is 19.1 Å². The molecule has 1 amide bonds. The van der Waals surface area contributed by atoms with Gasteiger partial charge in [-0.2, -0.15) is 0 Å². The number of aromatic amines is 1. The summed E-state index contributed by atoms with van der Waals surface area (Å²) in [6.45, 7) is 0.863. The second-order valence-corrected chi connectivity index (χ2v) is 6.69. The van der Waals surface area contributed by atoms with Crippen LogP contribution in [0.5, 0.6) is 5.75 Å². The lowest BCUT2D eigenvalue weighted by Crippen LogP contribution is -2.41. The highest BCUT2D eigenvalue weighted by molar-refractivity contribution is 5.92. The number of carbonyl (C=O) groups excluding carboxylic acids is 2. The molecule has 1 aliphatic rings. The second kappa shape index (κ2) is 8.69. The Morgan fingerprint density at radius 3 is 2.46 bits per heavy atom. The Morgan fingerprint density at radius 1 is 1.18 bits per heavy atom. The molecule has 0 aliphatic carbocycles. The molecule has 0 unspecified atom stereocenters. The quantitative estimate of drug-likeness (QED) is 0.781. The standard InChI is InChI=1S/C20H23N3O5/c1-27-15-5-3-13(4-6-15)11-17-21-16(12-18(24)22-17)19(25)23-9-7-14(8-10-23)20(26)28-2/h3-6,12,14H,7-11H2,1-2H3,(H,21,22,24). The first kappa shape index (κ1) is 19.6. The van der Waals surface area contributed by atoms with Crippen LogP contribution in [0.4, 0.5) is 0 Å². The van der Waals surface area contributed by atoms with Gasteiger partial charge in [0, 0.05) is 25.6 Å². The largest absolute Gasteiger partial charge is 0.497 e. The number of likely N-dealkylation sites (tertiary alicyclic amines) is 1. The number of methoxy groups -OCH3 is 2. The SMILES string of the molecule is COC(=O)C1CCN(C(=O)c2cc(=O)[nH]c(Cc3ccc(OC)cc3)n2)CC1. The number of rotatable bonds is 5. The van der Waals surface area contributed by atoms with Crippen molar-refractivity contribution in [2.45, 2.75) is 19.3 Å². The summed E-state index contributed by atoms with van der Waals surface area (Å²) in [5.74, 6) is 0.426. The summed E-state index contributed by atoms with van der Waals surface area (Å²) in [5, 5.41) is 0. The van der Waals surface area contributed by atoms with Gasteiger partial charge in [0.1, 0.15) is 17.3 Å². The van der Waals surface area contributed by atoms with Gasteiger partial charge in [0.25, 0.3) is 11.5 Å². The van der Waals surface area contributed by atoms with E-state index in [1.54, 1.807) is 12.0 Å². The number of nitrogens with one attached hydrogen (secondary N) is 1. The number of ether oxygens (including phenoxy) is 2. The summed E-state index contributed by atoms with van der Waals surface area (Å²) in [7, 11) is 2.96. The first-order valence-corrected chi connectivity index (χ1v) is 9.10. The Bertz CT molecular complexity index is 899. The number of piperidine rings is 1. The Kier molecular flexibility index (Phi) is 6.08. The van der Waals surface area contributed by atoms with Gasteiger partial charge in [0.15, 0.2) is 0 Å². The summed E-state index contributed by atoms with van der Waals surface area (Å²) in [6.07, 6.45) is 1.48. The van der Waals surface area contributed by atoms with Crippen molar-refractivity contribution in [3.8, 4) is 5.75 Å². The average Bonchev–Trinajstić information content (AvgIpc) is 2.73. The molecular formula is C20H23N3O5. The Hall–Kier alpha value is -3.16. The Morgan fingerprint density at radius 2 is 1.86 bits per heavy atom. The maximum Gasteiger partial charge on any atom is 0.308 e. The molecule has 2 aromatic rings. The van der Waals surface area contributed by atoms with Crippen LogP contribution in [-0.2, 0) is 16.0 Å². The number of carbonyl (C=O) groups is 2. The smallest absolute Gasteiger partial charge is 0.308 e. The zero-order valence-corrected chi connectivity index (χ0v) is 15.9. The molecule has 1 saturated heterocycles. The van der Waals surface area contributed by atoms with Crippen LogP contribution >= 0.6 is 0 Å². The highest BCUT2D eigenvalue weighted by Gasteiger charge is 2.29. The molecule has 0 radical (unpaired) electrons. The Labute approximate surface area is 162 Å². The average molecular weight is 385 g/mol. The number of benzene rings is 1. The minimum absolute atomic E-state index is 0.115. The summed E-state index contributed by atoms with van der Waals surface area (Å²) in [4.78, 5) is 45.1. The lowest BCUT2D eigenvalue weighted by Gasteiger charge is -2.30. The third-order valence-corrected chi connectivity index (χ3v) is 4.86. The molecule has 8 nitrogen and oxygen atoms in total. The fraction of sp³-hybridized carbons (Fsp3) is 0.400. The number of amides is 1. The van der Waals surface area contributed by atoms with E-state index in [0.29, 0.717) is 38.2 Å². The van der Waals surface area contributed by atoms with Gasteiger partial charge in [-0.05, 0) is 30.5 Å². The lowest BCUT2D eigenvalue weighted by molar-refractivity contribution is -0.146. The fourth-order valence-electron chi connectivity index (χ4n) is 3.29. The minimum Gasteiger partial charge on any atom is -0.497 e. The van der Waals surface area contributed by atoms with Crippen molar-refractivity contribution in [2.75, 3.05) is 27.3 Å². The monoisotopic (exact) mass is 385 g/mol. The molecule has 3 rings (SSSR count). The van der Waals surface area contributed by atoms with Gasteiger partial charge in [-0.1, -0.05) is 12.1 Å². The van der Waals surface area contributed by atoms with E-state index in [-0.39, 0.29) is 29.0 Å². The van der Waals surface area contributed by atoms with Crippen LogP contribution in [0.2, 0.25) is 0 Å². The van der Waals surface area contributed by atoms with Gasteiger partial charge >= 0.3 is 5.97 Å². The van der Waals surface area contributed by atoms with E-state index in [1.807, 2.05) is 24.3 Å². The van der Waals surface area contributed by atoms with E-state index in [1.165, 1.54) is 13.2 Å². The highest BCUT2D eigenvalue weighted by atomic mass is 16.5. The number of hydrogen-bond donors (Lipinski definition) is 1. The third kappa shape index (κ3) is 4.57. The molecule has 0 atom stereocenters. The number of aromatic nitrogens is 2. The van der Waals surface area contributed by atoms with E-state index in [9.17, 15) is 14.4 Å². The number of nitrogens with zero attached hydrogens (tertiary/aromatic N) is 2. The summed E-state index contributed by atoms with van der Waals surface area (Å²) >= 11 is 0. The topological polar surface area (TPSA) is 102 Å². The first-order chi connectivity index (χ1) is 13.5. The van der Waals surface area contributed by atoms with Crippen LogP contribution in [0.1, 0.15) is 34.7 Å². The van der Waals surface area contributed by atoms with Crippen molar-refractivity contribution in [3.63, 3.8) is 0 Å². The maximum absolute atomic E-state index is 12.8. The molecule has 1 aliphatic heterocycles. The minimum atomic E-state index is -0.369. The van der Waals surface area contributed by atoms with Crippen molar-refractivity contribution in [1.29, 1.82) is 0 Å². The van der Waals surface area contributed by atoms with Crippen LogP contribution in [0.15, 0.2) is 35.1 Å². The van der Waals surface area contributed by atoms with Crippen molar-refractivity contribution in [3.05, 3.63) is 57.8 Å². The molecule has 28 heavy (non-hydrogen) atoms. The van der Waals surface area contributed by atoms with Gasteiger partial charge in [-0.3, -0.25) is 14.4 Å². The molecule has 0 spiro atoms. The lowest BCUT2D eigenvalue weighted by atomic mass is 9.97. The summed E-state index contributed by atoms with van der Waals surface area (Å²) < 4.78 is 9.90. The molecule has 148 valence electrons. The van der Waals surface area contributed by atoms with E-state index in [0.717, 1.165) is 11.3 Å². The highest BCUT2D eigenvalue weighted by Crippen LogP contribution is 2.20. The number of H-pyrrole nitrogens is 1. The Balaban J connectivity index is 1.71. The molecule has 8 heteroatoms. The second-order valence-electron chi connectivity index (χ2n) is 6.69. The molecule has 2 heterocycles. The van der Waals surface area contributed by atoms with Crippen molar-refractivity contribution in [2.24, 2.45) is 5.92 Å². The predicted molar refractivity (Wildman–Crippen MR) is 101 cm³/mol. The van der Waals surface area contributed by atoms with Gasteiger partial charge in [-0.15, -0.1) is 0 Å². The third-order valence-electron chi connectivity index (χ3n) is 4.86. The van der Waals surface area contributed by atoms with Crippen LogP contribution < -0.4 is 10.3 Å². The predicted octanol–water partition coefficient (Wildman–Crippen LogP) is 1.39. The maximum atomic E-state index is 12.8. The fourth-order valence-corrected chi connectivity index (χ4v) is 3.29. The van der Waals surface area contributed by atoms with Crippen molar-refractivity contribution in [1.82, 2.24) is 14.9 Å². The molecule has 0 bridgehead atoms. The van der Waals surface area contributed by atoms with E-state index >= 15 is 0 Å². The number of esters is 1.